The highest BCUT2D eigenvalue weighted by atomic mass is 15.5. The molecule has 5 nitrogen and oxygen atoms in total. The molecule has 0 amide bonds. The van der Waals surface area contributed by atoms with Crippen molar-refractivity contribution in [2.24, 2.45) is 9.98 Å². The molecule has 2 aliphatic heterocycles. The Balaban J connectivity index is 1.66. The van der Waals surface area contributed by atoms with Crippen LogP contribution >= 0.6 is 0 Å². The van der Waals surface area contributed by atoms with E-state index in [0.29, 0.717) is 0 Å². The van der Waals surface area contributed by atoms with Crippen molar-refractivity contribution >= 4 is 17.6 Å². The van der Waals surface area contributed by atoms with Crippen LogP contribution in [0, 0.1) is 6.92 Å². The van der Waals surface area contributed by atoms with Gasteiger partial charge >= 0.3 is 0 Å². The van der Waals surface area contributed by atoms with Crippen LogP contribution in [0.25, 0.3) is 11.3 Å². The lowest BCUT2D eigenvalue weighted by molar-refractivity contribution is 0.514. The van der Waals surface area contributed by atoms with Crippen molar-refractivity contribution in [1.29, 1.82) is 0 Å². The molecule has 3 heterocycles. The van der Waals surface area contributed by atoms with Gasteiger partial charge in [-0.05, 0) is 13.3 Å². The maximum Gasteiger partial charge on any atom is 0.229 e. The maximum atomic E-state index is 4.93. The monoisotopic (exact) mass is 341 g/mol. The first-order valence-electron chi connectivity index (χ1n) is 8.93. The Kier molecular flexibility index (Phi) is 3.45. The molecule has 0 aliphatic carbocycles. The van der Waals surface area contributed by atoms with E-state index in [-0.39, 0.29) is 0 Å². The van der Waals surface area contributed by atoms with Gasteiger partial charge in [-0.15, -0.1) is 0 Å². The highest BCUT2D eigenvalue weighted by molar-refractivity contribution is 6.12. The summed E-state index contributed by atoms with van der Waals surface area (Å²) in [5.74, 6) is 2.65. The van der Waals surface area contributed by atoms with E-state index in [4.69, 9.17) is 15.1 Å². The number of rotatable bonds is 2. The van der Waals surface area contributed by atoms with Gasteiger partial charge in [0.25, 0.3) is 0 Å². The summed E-state index contributed by atoms with van der Waals surface area (Å²) in [7, 11) is 0. The maximum absolute atomic E-state index is 4.93. The summed E-state index contributed by atoms with van der Waals surface area (Å²) in [5.41, 5.74) is 4.36. The molecular weight excluding hydrogens is 322 g/mol. The fourth-order valence-electron chi connectivity index (χ4n) is 3.42. The summed E-state index contributed by atoms with van der Waals surface area (Å²) in [5, 5.41) is 4.80. The minimum absolute atomic E-state index is 0.826. The smallest absolute Gasteiger partial charge is 0.229 e. The van der Waals surface area contributed by atoms with Gasteiger partial charge in [0.05, 0.1) is 5.69 Å². The van der Waals surface area contributed by atoms with E-state index in [2.05, 4.69) is 48.2 Å². The Hall–Kier alpha value is -3.21. The van der Waals surface area contributed by atoms with Gasteiger partial charge in [-0.25, -0.2) is 4.99 Å². The Morgan fingerprint density at radius 3 is 2.54 bits per heavy atom. The second kappa shape index (κ2) is 5.95. The molecule has 5 heteroatoms. The van der Waals surface area contributed by atoms with Gasteiger partial charge in [0.2, 0.25) is 5.96 Å². The third-order valence-corrected chi connectivity index (χ3v) is 4.77. The topological polar surface area (TPSA) is 45.8 Å². The molecule has 1 aromatic heterocycles. The molecule has 0 saturated heterocycles. The second-order valence-electron chi connectivity index (χ2n) is 6.65. The summed E-state index contributed by atoms with van der Waals surface area (Å²) < 4.78 is 1.88. The Bertz CT molecular complexity index is 1010. The van der Waals surface area contributed by atoms with E-state index in [0.717, 1.165) is 53.9 Å². The molecule has 3 aromatic rings. The number of nitrogens with zero attached hydrogens (tertiary/aromatic N) is 5. The average molecular weight is 341 g/mol. The highest BCUT2D eigenvalue weighted by Crippen LogP contribution is 2.29. The third kappa shape index (κ3) is 2.44. The van der Waals surface area contributed by atoms with Gasteiger partial charge < -0.3 is 0 Å². The Morgan fingerprint density at radius 2 is 1.73 bits per heavy atom. The van der Waals surface area contributed by atoms with E-state index < -0.39 is 0 Å². The van der Waals surface area contributed by atoms with Gasteiger partial charge in [0.15, 0.2) is 5.82 Å². The zero-order chi connectivity index (χ0) is 17.5. The SMILES string of the molecule is Cc1ccc(-c2cc3n(n2)C2=NCCCN2C(c2ccccc2)=N3)cc1. The molecule has 0 radical (unpaired) electrons. The molecule has 0 spiro atoms. The summed E-state index contributed by atoms with van der Waals surface area (Å²) in [6.45, 7) is 3.83. The van der Waals surface area contributed by atoms with Crippen molar-refractivity contribution in [3.05, 3.63) is 71.8 Å². The van der Waals surface area contributed by atoms with E-state index in [1.54, 1.807) is 0 Å². The van der Waals surface area contributed by atoms with Gasteiger partial charge in [0.1, 0.15) is 5.84 Å². The molecule has 2 aromatic carbocycles. The molecule has 26 heavy (non-hydrogen) atoms. The molecule has 0 fully saturated rings. The van der Waals surface area contributed by atoms with Crippen LogP contribution in [0.1, 0.15) is 17.5 Å². The fourth-order valence-corrected chi connectivity index (χ4v) is 3.42. The largest absolute Gasteiger partial charge is 0.294 e. The van der Waals surface area contributed by atoms with Crippen LogP contribution in [0.4, 0.5) is 5.82 Å². The average Bonchev–Trinajstić information content (AvgIpc) is 3.13. The van der Waals surface area contributed by atoms with Crippen molar-refractivity contribution in [2.45, 2.75) is 13.3 Å². The molecular formula is C21H19N5. The molecule has 0 N–H and O–H groups in total. The summed E-state index contributed by atoms with van der Waals surface area (Å²) in [6.07, 6.45) is 1.02. The number of benzene rings is 2. The minimum Gasteiger partial charge on any atom is -0.294 e. The number of amidine groups is 1. The van der Waals surface area contributed by atoms with Crippen molar-refractivity contribution in [3.63, 3.8) is 0 Å². The number of aliphatic imine (C=N–C) groups is 2. The first-order valence-corrected chi connectivity index (χ1v) is 8.93. The van der Waals surface area contributed by atoms with Crippen molar-refractivity contribution in [3.8, 4) is 11.3 Å². The minimum atomic E-state index is 0.826. The third-order valence-electron chi connectivity index (χ3n) is 4.77. The zero-order valence-electron chi connectivity index (χ0n) is 14.6. The normalized spacial score (nSPS) is 15.8. The number of hydrogen-bond donors (Lipinski definition) is 0. The zero-order valence-corrected chi connectivity index (χ0v) is 14.6. The van der Waals surface area contributed by atoms with Crippen molar-refractivity contribution in [2.75, 3.05) is 13.1 Å². The highest BCUT2D eigenvalue weighted by Gasteiger charge is 2.30. The molecule has 0 atom stereocenters. The predicted molar refractivity (Wildman–Crippen MR) is 104 cm³/mol. The van der Waals surface area contributed by atoms with Crippen LogP contribution in [-0.2, 0) is 0 Å². The molecule has 5 rings (SSSR count). The molecule has 0 unspecified atom stereocenters. The fraction of sp³-hybridized carbons (Fsp3) is 0.190. The quantitative estimate of drug-likeness (QED) is 0.710. The van der Waals surface area contributed by atoms with Crippen molar-refractivity contribution < 1.29 is 0 Å². The number of hydrogen-bond acceptors (Lipinski definition) is 4. The van der Waals surface area contributed by atoms with E-state index in [9.17, 15) is 0 Å². The Morgan fingerprint density at radius 1 is 0.923 bits per heavy atom. The first-order chi connectivity index (χ1) is 12.8. The van der Waals surface area contributed by atoms with Crippen LogP contribution < -0.4 is 0 Å². The molecule has 0 bridgehead atoms. The van der Waals surface area contributed by atoms with Gasteiger partial charge in [-0.3, -0.25) is 9.89 Å². The second-order valence-corrected chi connectivity index (χ2v) is 6.65. The molecule has 2 aliphatic rings. The van der Waals surface area contributed by atoms with Gasteiger partial charge in [-0.2, -0.15) is 9.78 Å². The summed E-state index contributed by atoms with van der Waals surface area (Å²) in [6, 6.07) is 20.8. The van der Waals surface area contributed by atoms with Crippen LogP contribution in [0.2, 0.25) is 0 Å². The van der Waals surface area contributed by atoms with Crippen LogP contribution in [0.5, 0.6) is 0 Å². The number of aryl methyl sites for hydroxylation is 1. The van der Waals surface area contributed by atoms with E-state index >= 15 is 0 Å². The summed E-state index contributed by atoms with van der Waals surface area (Å²) >= 11 is 0. The number of aromatic nitrogens is 2. The van der Waals surface area contributed by atoms with Crippen LogP contribution in [-0.4, -0.2) is 39.6 Å². The van der Waals surface area contributed by atoms with E-state index in [1.807, 2.05) is 28.9 Å². The standard InChI is InChI=1S/C21H19N5/c1-15-8-10-16(11-9-15)18-14-19-23-20(17-6-3-2-4-7-17)25-13-5-12-22-21(25)26(19)24-18/h2-4,6-11,14H,5,12-13H2,1H3. The van der Waals surface area contributed by atoms with E-state index in [1.165, 1.54) is 5.56 Å². The predicted octanol–water partition coefficient (Wildman–Crippen LogP) is 3.86. The van der Waals surface area contributed by atoms with Crippen LogP contribution in [0.15, 0.2) is 70.6 Å². The Labute approximate surface area is 152 Å². The lowest BCUT2D eigenvalue weighted by Gasteiger charge is -2.33. The van der Waals surface area contributed by atoms with Crippen molar-refractivity contribution in [1.82, 2.24) is 14.7 Å². The first kappa shape index (κ1) is 15.1. The summed E-state index contributed by atoms with van der Waals surface area (Å²) in [4.78, 5) is 11.9. The van der Waals surface area contributed by atoms with Gasteiger partial charge in [0, 0.05) is 30.3 Å². The van der Waals surface area contributed by atoms with Gasteiger partial charge in [-0.1, -0.05) is 60.2 Å². The van der Waals surface area contributed by atoms with Crippen LogP contribution in [0.3, 0.4) is 0 Å². The number of fused-ring (bicyclic) bond motifs is 3. The molecule has 0 saturated carbocycles. The molecule has 128 valence electrons. The lowest BCUT2D eigenvalue weighted by atomic mass is 10.1. The lowest BCUT2D eigenvalue weighted by Crippen LogP contribution is -2.47.